The third kappa shape index (κ3) is 2.22. The number of nitrogens with zero attached hydrogens (tertiary/aromatic N) is 1. The molecular formula is C14H22N2. The summed E-state index contributed by atoms with van der Waals surface area (Å²) in [6.45, 7) is 10.1. The van der Waals surface area contributed by atoms with Gasteiger partial charge in [0, 0.05) is 31.4 Å². The molecule has 1 fully saturated rings. The van der Waals surface area contributed by atoms with Crippen LogP contribution in [-0.2, 0) is 0 Å². The van der Waals surface area contributed by atoms with Crippen LogP contribution in [0.2, 0.25) is 0 Å². The molecule has 88 valence electrons. The van der Waals surface area contributed by atoms with E-state index in [4.69, 9.17) is 0 Å². The minimum Gasteiger partial charge on any atom is -0.366 e. The molecule has 0 spiro atoms. The van der Waals surface area contributed by atoms with E-state index in [1.165, 1.54) is 11.3 Å². The van der Waals surface area contributed by atoms with Gasteiger partial charge in [-0.25, -0.2) is 0 Å². The van der Waals surface area contributed by atoms with Crippen molar-refractivity contribution in [3.63, 3.8) is 0 Å². The van der Waals surface area contributed by atoms with Gasteiger partial charge in [-0.2, -0.15) is 0 Å². The van der Waals surface area contributed by atoms with E-state index in [0.29, 0.717) is 12.0 Å². The summed E-state index contributed by atoms with van der Waals surface area (Å²) in [7, 11) is 0. The molecule has 0 saturated carbocycles. The molecule has 1 heterocycles. The summed E-state index contributed by atoms with van der Waals surface area (Å²) in [5, 5.41) is 3.49. The van der Waals surface area contributed by atoms with Crippen molar-refractivity contribution < 1.29 is 0 Å². The third-order valence-electron chi connectivity index (χ3n) is 3.48. The van der Waals surface area contributed by atoms with E-state index in [1.54, 1.807) is 0 Å². The monoisotopic (exact) mass is 218 g/mol. The Morgan fingerprint density at radius 2 is 2.06 bits per heavy atom. The standard InChI is InChI=1S/C14H22N2/c1-11(2)14-10-15-8-9-16(14)13-7-5-4-6-12(13)3/h4-7,11,14-15H,8-10H2,1-3H3. The summed E-state index contributed by atoms with van der Waals surface area (Å²) in [4.78, 5) is 2.57. The van der Waals surface area contributed by atoms with Crippen molar-refractivity contribution in [1.29, 1.82) is 0 Å². The van der Waals surface area contributed by atoms with E-state index in [1.807, 2.05) is 0 Å². The minimum atomic E-state index is 0.620. The molecule has 1 aliphatic heterocycles. The first-order valence-electron chi connectivity index (χ1n) is 6.23. The van der Waals surface area contributed by atoms with Crippen molar-refractivity contribution in [2.45, 2.75) is 26.8 Å². The van der Waals surface area contributed by atoms with Crippen LogP contribution < -0.4 is 10.2 Å². The molecule has 1 aliphatic rings. The topological polar surface area (TPSA) is 15.3 Å². The van der Waals surface area contributed by atoms with Crippen LogP contribution >= 0.6 is 0 Å². The maximum absolute atomic E-state index is 3.49. The van der Waals surface area contributed by atoms with Crippen LogP contribution in [-0.4, -0.2) is 25.7 Å². The highest BCUT2D eigenvalue weighted by molar-refractivity contribution is 5.54. The second-order valence-corrected chi connectivity index (χ2v) is 5.00. The Morgan fingerprint density at radius 1 is 1.31 bits per heavy atom. The van der Waals surface area contributed by atoms with E-state index >= 15 is 0 Å². The van der Waals surface area contributed by atoms with Gasteiger partial charge in [-0.15, -0.1) is 0 Å². The molecule has 0 radical (unpaired) electrons. The summed E-state index contributed by atoms with van der Waals surface area (Å²) in [5.74, 6) is 0.687. The number of nitrogens with one attached hydrogen (secondary N) is 1. The van der Waals surface area contributed by atoms with Crippen LogP contribution in [0.3, 0.4) is 0 Å². The highest BCUT2D eigenvalue weighted by atomic mass is 15.2. The molecule has 0 aromatic heterocycles. The smallest absolute Gasteiger partial charge is 0.0438 e. The van der Waals surface area contributed by atoms with Gasteiger partial charge in [-0.3, -0.25) is 0 Å². The fourth-order valence-electron chi connectivity index (χ4n) is 2.51. The van der Waals surface area contributed by atoms with E-state index in [9.17, 15) is 0 Å². The first-order valence-corrected chi connectivity index (χ1v) is 6.23. The second-order valence-electron chi connectivity index (χ2n) is 5.00. The highest BCUT2D eigenvalue weighted by Gasteiger charge is 2.25. The summed E-state index contributed by atoms with van der Waals surface area (Å²) < 4.78 is 0. The lowest BCUT2D eigenvalue weighted by Gasteiger charge is -2.41. The Kier molecular flexibility index (Phi) is 3.49. The third-order valence-corrected chi connectivity index (χ3v) is 3.48. The number of rotatable bonds is 2. The van der Waals surface area contributed by atoms with Crippen LogP contribution in [0.25, 0.3) is 0 Å². The van der Waals surface area contributed by atoms with Crippen LogP contribution in [0.5, 0.6) is 0 Å². The van der Waals surface area contributed by atoms with Crippen molar-refractivity contribution in [3.8, 4) is 0 Å². The maximum Gasteiger partial charge on any atom is 0.0438 e. The van der Waals surface area contributed by atoms with Gasteiger partial charge in [0.25, 0.3) is 0 Å². The van der Waals surface area contributed by atoms with Gasteiger partial charge in [0.2, 0.25) is 0 Å². The average molecular weight is 218 g/mol. The Balaban J connectivity index is 2.27. The molecule has 0 bridgehead atoms. The van der Waals surface area contributed by atoms with Gasteiger partial charge in [0.05, 0.1) is 0 Å². The first kappa shape index (κ1) is 11.5. The van der Waals surface area contributed by atoms with E-state index in [-0.39, 0.29) is 0 Å². The average Bonchev–Trinajstić information content (AvgIpc) is 2.29. The molecule has 1 unspecified atom stereocenters. The Bertz CT molecular complexity index is 346. The fourth-order valence-corrected chi connectivity index (χ4v) is 2.51. The SMILES string of the molecule is Cc1ccccc1N1CCNCC1C(C)C. The quantitative estimate of drug-likeness (QED) is 0.820. The summed E-state index contributed by atoms with van der Waals surface area (Å²) >= 11 is 0. The molecular weight excluding hydrogens is 196 g/mol. The largest absolute Gasteiger partial charge is 0.366 e. The Hall–Kier alpha value is -1.02. The lowest BCUT2D eigenvalue weighted by atomic mass is 9.99. The van der Waals surface area contributed by atoms with Crippen molar-refractivity contribution in [3.05, 3.63) is 29.8 Å². The predicted octanol–water partition coefficient (Wildman–Crippen LogP) is 2.43. The van der Waals surface area contributed by atoms with Gasteiger partial charge >= 0.3 is 0 Å². The maximum atomic E-state index is 3.49. The molecule has 2 nitrogen and oxygen atoms in total. The summed E-state index contributed by atoms with van der Waals surface area (Å²) in [6, 6.07) is 9.33. The Morgan fingerprint density at radius 3 is 2.75 bits per heavy atom. The van der Waals surface area contributed by atoms with Gasteiger partial charge in [-0.05, 0) is 24.5 Å². The molecule has 2 heteroatoms. The molecule has 0 aliphatic carbocycles. The number of piperazine rings is 1. The highest BCUT2D eigenvalue weighted by Crippen LogP contribution is 2.25. The molecule has 1 atom stereocenters. The molecule has 16 heavy (non-hydrogen) atoms. The number of para-hydroxylation sites is 1. The van der Waals surface area contributed by atoms with Crippen LogP contribution in [0, 0.1) is 12.8 Å². The van der Waals surface area contributed by atoms with Crippen molar-refractivity contribution in [1.82, 2.24) is 5.32 Å². The predicted molar refractivity (Wildman–Crippen MR) is 70.0 cm³/mol. The number of benzene rings is 1. The molecule has 1 aromatic rings. The lowest BCUT2D eigenvalue weighted by molar-refractivity contribution is 0.390. The van der Waals surface area contributed by atoms with Crippen molar-refractivity contribution in [2.75, 3.05) is 24.5 Å². The number of hydrogen-bond donors (Lipinski definition) is 1. The zero-order valence-corrected chi connectivity index (χ0v) is 10.5. The van der Waals surface area contributed by atoms with Crippen LogP contribution in [0.15, 0.2) is 24.3 Å². The van der Waals surface area contributed by atoms with E-state index in [0.717, 1.165) is 19.6 Å². The Labute approximate surface area is 98.7 Å². The van der Waals surface area contributed by atoms with Crippen LogP contribution in [0.1, 0.15) is 19.4 Å². The molecule has 0 amide bonds. The lowest BCUT2D eigenvalue weighted by Crippen LogP contribution is -2.54. The van der Waals surface area contributed by atoms with Gasteiger partial charge in [0.15, 0.2) is 0 Å². The summed E-state index contributed by atoms with van der Waals surface area (Å²) in [6.07, 6.45) is 0. The van der Waals surface area contributed by atoms with Crippen molar-refractivity contribution >= 4 is 5.69 Å². The fraction of sp³-hybridized carbons (Fsp3) is 0.571. The molecule has 2 rings (SSSR count). The molecule has 1 aromatic carbocycles. The van der Waals surface area contributed by atoms with Crippen LogP contribution in [0.4, 0.5) is 5.69 Å². The molecule has 1 N–H and O–H groups in total. The van der Waals surface area contributed by atoms with E-state index in [2.05, 4.69) is 55.3 Å². The zero-order valence-electron chi connectivity index (χ0n) is 10.5. The van der Waals surface area contributed by atoms with Crippen molar-refractivity contribution in [2.24, 2.45) is 5.92 Å². The number of hydrogen-bond acceptors (Lipinski definition) is 2. The minimum absolute atomic E-state index is 0.620. The van der Waals surface area contributed by atoms with Gasteiger partial charge in [-0.1, -0.05) is 32.0 Å². The van der Waals surface area contributed by atoms with Gasteiger partial charge in [0.1, 0.15) is 0 Å². The first-order chi connectivity index (χ1) is 7.70. The molecule has 1 saturated heterocycles. The van der Waals surface area contributed by atoms with Gasteiger partial charge < -0.3 is 10.2 Å². The number of aryl methyl sites for hydroxylation is 1. The summed E-state index contributed by atoms with van der Waals surface area (Å²) in [5.41, 5.74) is 2.79. The normalized spacial score (nSPS) is 21.5. The van der Waals surface area contributed by atoms with E-state index < -0.39 is 0 Å². The zero-order chi connectivity index (χ0) is 11.5. The second kappa shape index (κ2) is 4.88. The number of anilines is 1.